The summed E-state index contributed by atoms with van der Waals surface area (Å²) < 4.78 is 46.2. The van der Waals surface area contributed by atoms with Crippen LogP contribution in [0.5, 0.6) is 0 Å². The molecule has 1 aromatic heterocycles. The van der Waals surface area contributed by atoms with Crippen molar-refractivity contribution in [1.29, 1.82) is 0 Å². The Kier molecular flexibility index (Phi) is 6.63. The molecule has 200 valence electrons. The lowest BCUT2D eigenvalue weighted by atomic mass is 9.89. The molecule has 4 fully saturated rings. The largest absolute Gasteiger partial charge is 0.416 e. The summed E-state index contributed by atoms with van der Waals surface area (Å²) in [6, 6.07) is 6.09. The molecule has 0 unspecified atom stereocenters. The van der Waals surface area contributed by atoms with Gasteiger partial charge in [0, 0.05) is 36.8 Å². The molecule has 10 heteroatoms. The highest BCUT2D eigenvalue weighted by Crippen LogP contribution is 2.47. The van der Waals surface area contributed by atoms with Gasteiger partial charge in [-0.05, 0) is 81.0 Å². The van der Waals surface area contributed by atoms with Gasteiger partial charge < -0.3 is 15.0 Å². The Balaban J connectivity index is 1.09. The number of nitrogens with zero attached hydrogens (tertiary/aromatic N) is 3. The third kappa shape index (κ3) is 5.21. The zero-order valence-corrected chi connectivity index (χ0v) is 21.3. The molecule has 0 amide bonds. The first kappa shape index (κ1) is 25.0. The van der Waals surface area contributed by atoms with Gasteiger partial charge in [-0.3, -0.25) is 4.79 Å². The molecule has 3 atom stereocenters. The van der Waals surface area contributed by atoms with Crippen molar-refractivity contribution in [2.75, 3.05) is 30.0 Å². The van der Waals surface area contributed by atoms with E-state index in [4.69, 9.17) is 16.3 Å². The fourth-order valence-electron chi connectivity index (χ4n) is 6.29. The van der Waals surface area contributed by atoms with Gasteiger partial charge in [0.2, 0.25) is 0 Å². The van der Waals surface area contributed by atoms with Crippen LogP contribution >= 0.6 is 11.6 Å². The highest BCUT2D eigenvalue weighted by Gasteiger charge is 2.46. The second kappa shape index (κ2) is 9.80. The van der Waals surface area contributed by atoms with Crippen LogP contribution in [0.1, 0.15) is 56.6 Å². The van der Waals surface area contributed by atoms with E-state index in [-0.39, 0.29) is 22.7 Å². The van der Waals surface area contributed by atoms with Crippen molar-refractivity contribution in [3.63, 3.8) is 0 Å². The number of alkyl halides is 3. The van der Waals surface area contributed by atoms with E-state index in [0.717, 1.165) is 64.0 Å². The lowest BCUT2D eigenvalue weighted by Crippen LogP contribution is -2.41. The van der Waals surface area contributed by atoms with Gasteiger partial charge in [0.1, 0.15) is 5.02 Å². The van der Waals surface area contributed by atoms with E-state index in [2.05, 4.69) is 15.3 Å². The fraction of sp³-hybridized carbons (Fsp3) is 0.630. The van der Waals surface area contributed by atoms with E-state index >= 15 is 0 Å². The van der Waals surface area contributed by atoms with Crippen molar-refractivity contribution in [3.8, 4) is 0 Å². The predicted octanol–water partition coefficient (Wildman–Crippen LogP) is 5.76. The molecule has 2 heterocycles. The summed E-state index contributed by atoms with van der Waals surface area (Å²) in [5.41, 5.74) is 0.510. The van der Waals surface area contributed by atoms with Crippen LogP contribution in [0, 0.1) is 17.8 Å². The van der Waals surface area contributed by atoms with Gasteiger partial charge in [-0.25, -0.2) is 4.68 Å². The molecule has 1 N–H and O–H groups in total. The molecule has 3 saturated carbocycles. The summed E-state index contributed by atoms with van der Waals surface area (Å²) in [7, 11) is 0. The maximum absolute atomic E-state index is 13.1. The number of aromatic nitrogens is 2. The second-order valence-electron chi connectivity index (χ2n) is 11.1. The highest BCUT2D eigenvalue weighted by atomic mass is 35.5. The molecule has 1 aliphatic heterocycles. The van der Waals surface area contributed by atoms with Crippen LogP contribution in [0.3, 0.4) is 0 Å². The number of rotatable bonds is 7. The lowest BCUT2D eigenvalue weighted by molar-refractivity contribution is -0.137. The quantitative estimate of drug-likeness (QED) is 0.487. The minimum Gasteiger partial charge on any atom is -0.382 e. The smallest absolute Gasteiger partial charge is 0.382 e. The first-order chi connectivity index (χ1) is 17.8. The minimum absolute atomic E-state index is 0.0390. The van der Waals surface area contributed by atoms with Crippen LogP contribution in [-0.2, 0) is 10.9 Å². The van der Waals surface area contributed by atoms with Gasteiger partial charge in [0.15, 0.2) is 0 Å². The number of nitrogens with one attached hydrogen (secondary N) is 1. The Morgan fingerprint density at radius 3 is 2.38 bits per heavy atom. The van der Waals surface area contributed by atoms with Crippen LogP contribution in [0.25, 0.3) is 0 Å². The molecule has 4 aliphatic rings. The molecule has 0 bridgehead atoms. The van der Waals surface area contributed by atoms with Gasteiger partial charge in [0.05, 0.1) is 30.1 Å². The third-order valence-electron chi connectivity index (χ3n) is 8.58. The zero-order valence-electron chi connectivity index (χ0n) is 20.6. The van der Waals surface area contributed by atoms with E-state index < -0.39 is 11.7 Å². The minimum atomic E-state index is -4.34. The summed E-state index contributed by atoms with van der Waals surface area (Å²) in [6.45, 7) is 2.33. The number of anilines is 2. The molecule has 1 aromatic carbocycles. The van der Waals surface area contributed by atoms with Gasteiger partial charge >= 0.3 is 6.18 Å². The normalized spacial score (nSPS) is 29.5. The van der Waals surface area contributed by atoms with E-state index in [0.29, 0.717) is 29.5 Å². The number of benzene rings is 1. The van der Waals surface area contributed by atoms with Crippen LogP contribution in [0.15, 0.2) is 35.3 Å². The number of fused-ring (bicyclic) bond motifs is 1. The number of halogens is 4. The maximum Gasteiger partial charge on any atom is 0.416 e. The van der Waals surface area contributed by atoms with Gasteiger partial charge in [0.25, 0.3) is 5.56 Å². The molecule has 6 nitrogen and oxygen atoms in total. The molecule has 6 rings (SSSR count). The molecule has 0 spiro atoms. The number of hydrogen-bond donors (Lipinski definition) is 1. The Labute approximate surface area is 219 Å². The SMILES string of the molecule is O=c1c(Cl)c(NC[C@@H]2COC[C@@H]3C[C@H]23)cnn1C1CCC(N(c2ccc(C(F)(F)F)cc2)C2CC2)CC1. The van der Waals surface area contributed by atoms with Gasteiger partial charge in [-0.2, -0.15) is 18.3 Å². The van der Waals surface area contributed by atoms with Crippen molar-refractivity contribution < 1.29 is 17.9 Å². The van der Waals surface area contributed by atoms with E-state index in [1.54, 1.807) is 18.3 Å². The molecule has 1 saturated heterocycles. The van der Waals surface area contributed by atoms with Crippen molar-refractivity contribution in [3.05, 3.63) is 51.4 Å². The molecule has 0 radical (unpaired) electrons. The number of hydrogen-bond acceptors (Lipinski definition) is 5. The van der Waals surface area contributed by atoms with Crippen LogP contribution in [0.2, 0.25) is 5.02 Å². The number of ether oxygens (including phenoxy) is 1. The topological polar surface area (TPSA) is 59.4 Å². The lowest BCUT2D eigenvalue weighted by Gasteiger charge is -2.39. The van der Waals surface area contributed by atoms with Gasteiger partial charge in [-0.1, -0.05) is 11.6 Å². The highest BCUT2D eigenvalue weighted by molar-refractivity contribution is 6.32. The molecular weight excluding hydrogens is 505 g/mol. The van der Waals surface area contributed by atoms with Crippen molar-refractivity contribution in [1.82, 2.24) is 9.78 Å². The third-order valence-corrected chi connectivity index (χ3v) is 8.95. The van der Waals surface area contributed by atoms with Crippen molar-refractivity contribution in [2.24, 2.45) is 17.8 Å². The fourth-order valence-corrected chi connectivity index (χ4v) is 6.49. The summed E-state index contributed by atoms with van der Waals surface area (Å²) in [6.07, 6.45) is 3.89. The van der Waals surface area contributed by atoms with Crippen LogP contribution < -0.4 is 15.8 Å². The Bertz CT molecular complexity index is 1180. The van der Waals surface area contributed by atoms with Crippen LogP contribution in [0.4, 0.5) is 24.5 Å². The Hall–Kier alpha value is -2.26. The predicted molar refractivity (Wildman–Crippen MR) is 136 cm³/mol. The summed E-state index contributed by atoms with van der Waals surface area (Å²) in [5.74, 6) is 1.83. The summed E-state index contributed by atoms with van der Waals surface area (Å²) in [4.78, 5) is 15.4. The Morgan fingerprint density at radius 2 is 1.73 bits per heavy atom. The average Bonchev–Trinajstić information content (AvgIpc) is 3.81. The molecule has 2 aromatic rings. The van der Waals surface area contributed by atoms with Gasteiger partial charge in [-0.15, -0.1) is 0 Å². The summed E-state index contributed by atoms with van der Waals surface area (Å²) >= 11 is 6.48. The van der Waals surface area contributed by atoms with E-state index in [1.807, 2.05) is 0 Å². The molecule has 37 heavy (non-hydrogen) atoms. The molecule has 3 aliphatic carbocycles. The standard InChI is InChI=1S/C27H32ClF3N4O2/c28-25-24(32-12-17-15-37-14-16-11-23(16)17)13-33-35(26(25)36)22-9-7-21(8-10-22)34(20-5-6-20)19-3-1-18(2-4-19)27(29,30)31/h1-4,13,16-17,20-23,32H,5-12,14-15H2/t16-,17+,21?,22?,23-/m0/s1. The van der Waals surface area contributed by atoms with E-state index in [1.165, 1.54) is 23.2 Å². The Morgan fingerprint density at radius 1 is 1.05 bits per heavy atom. The first-order valence-corrected chi connectivity index (χ1v) is 13.7. The molecular formula is C27H32ClF3N4O2. The maximum atomic E-state index is 13.1. The van der Waals surface area contributed by atoms with Crippen LogP contribution in [-0.4, -0.2) is 41.6 Å². The van der Waals surface area contributed by atoms with Crippen molar-refractivity contribution in [2.45, 2.75) is 69.2 Å². The summed E-state index contributed by atoms with van der Waals surface area (Å²) in [5, 5.41) is 7.96. The monoisotopic (exact) mass is 536 g/mol. The average molecular weight is 537 g/mol. The van der Waals surface area contributed by atoms with Crippen molar-refractivity contribution >= 4 is 23.0 Å². The zero-order chi connectivity index (χ0) is 25.7. The second-order valence-corrected chi connectivity index (χ2v) is 11.5. The first-order valence-electron chi connectivity index (χ1n) is 13.3. The van der Waals surface area contributed by atoms with E-state index in [9.17, 15) is 18.0 Å².